The van der Waals surface area contributed by atoms with Crippen LogP contribution in [-0.2, 0) is 16.0 Å². The molecule has 0 aromatic carbocycles. The molecular weight excluding hydrogens is 264 g/mol. The number of rotatable bonds is 6. The second-order valence-electron chi connectivity index (χ2n) is 5.05. The normalized spacial score (nSPS) is 19.8. The molecule has 1 aromatic heterocycles. The van der Waals surface area contributed by atoms with Crippen molar-refractivity contribution in [2.75, 3.05) is 25.6 Å². The third-order valence-electron chi connectivity index (χ3n) is 3.31. The summed E-state index contributed by atoms with van der Waals surface area (Å²) in [6.07, 6.45) is 2.59. The van der Waals surface area contributed by atoms with E-state index in [1.807, 2.05) is 0 Å². The lowest BCUT2D eigenvalue weighted by molar-refractivity contribution is -0.139. The molecule has 2 unspecified atom stereocenters. The Morgan fingerprint density at radius 3 is 3.16 bits per heavy atom. The first-order chi connectivity index (χ1) is 9.11. The largest absolute Gasteiger partial charge is 0.481 e. The number of methoxy groups -OCH3 is 1. The number of carboxylic acids is 1. The van der Waals surface area contributed by atoms with E-state index < -0.39 is 11.9 Å². The molecule has 2 atom stereocenters. The van der Waals surface area contributed by atoms with Crippen LogP contribution in [0.4, 0.5) is 5.13 Å². The van der Waals surface area contributed by atoms with Gasteiger partial charge in [-0.15, -0.1) is 11.3 Å². The lowest BCUT2D eigenvalue weighted by atomic mass is 9.91. The highest BCUT2D eigenvalue weighted by molar-refractivity contribution is 7.15. The molecule has 0 bridgehead atoms. The van der Waals surface area contributed by atoms with Gasteiger partial charge < -0.3 is 15.2 Å². The molecule has 0 aliphatic heterocycles. The minimum atomic E-state index is -0.759. The van der Waals surface area contributed by atoms with Crippen LogP contribution in [-0.4, -0.2) is 36.3 Å². The van der Waals surface area contributed by atoms with Gasteiger partial charge in [-0.05, 0) is 25.2 Å². The maximum atomic E-state index is 11.2. The summed E-state index contributed by atoms with van der Waals surface area (Å²) in [6, 6.07) is 0. The Morgan fingerprint density at radius 1 is 1.68 bits per heavy atom. The molecular formula is C13H20N2O3S. The summed E-state index contributed by atoms with van der Waals surface area (Å²) < 4.78 is 5.09. The number of aromatic nitrogens is 1. The molecule has 0 radical (unpaired) electrons. The molecule has 1 aromatic rings. The number of fused-ring (bicyclic) bond motifs is 1. The predicted octanol–water partition coefficient (Wildman–Crippen LogP) is 2.34. The highest BCUT2D eigenvalue weighted by Crippen LogP contribution is 2.36. The number of nitrogens with zero attached hydrogens (tertiary/aromatic N) is 1. The average molecular weight is 284 g/mol. The summed E-state index contributed by atoms with van der Waals surface area (Å²) in [7, 11) is 1.69. The summed E-state index contributed by atoms with van der Waals surface area (Å²) in [5, 5.41) is 13.3. The molecule has 6 heteroatoms. The van der Waals surface area contributed by atoms with E-state index in [0.29, 0.717) is 18.9 Å². The van der Waals surface area contributed by atoms with Crippen molar-refractivity contribution in [2.45, 2.75) is 32.1 Å². The Balaban J connectivity index is 2.03. The lowest BCUT2D eigenvalue weighted by Crippen LogP contribution is -2.18. The smallest absolute Gasteiger partial charge is 0.312 e. The molecule has 1 aliphatic rings. The molecule has 0 saturated heterocycles. The van der Waals surface area contributed by atoms with Crippen molar-refractivity contribution >= 4 is 22.4 Å². The number of thiazole rings is 1. The number of hydrogen-bond acceptors (Lipinski definition) is 5. The zero-order chi connectivity index (χ0) is 13.8. The van der Waals surface area contributed by atoms with Gasteiger partial charge in [-0.2, -0.15) is 0 Å². The minimum Gasteiger partial charge on any atom is -0.481 e. The zero-order valence-electron chi connectivity index (χ0n) is 11.3. The summed E-state index contributed by atoms with van der Waals surface area (Å²) in [5.41, 5.74) is 0.769. The fraction of sp³-hybridized carbons (Fsp3) is 0.692. The van der Waals surface area contributed by atoms with Crippen LogP contribution < -0.4 is 5.32 Å². The Kier molecular flexibility index (Phi) is 4.76. The topological polar surface area (TPSA) is 71.5 Å². The summed E-state index contributed by atoms with van der Waals surface area (Å²) in [5.74, 6) is -0.779. The van der Waals surface area contributed by atoms with E-state index in [4.69, 9.17) is 4.74 Å². The number of hydrogen-bond donors (Lipinski definition) is 2. The van der Waals surface area contributed by atoms with Crippen molar-refractivity contribution in [2.24, 2.45) is 5.92 Å². The zero-order valence-corrected chi connectivity index (χ0v) is 12.1. The number of carboxylic acid groups (broad SMARTS) is 1. The van der Waals surface area contributed by atoms with E-state index in [2.05, 4.69) is 17.2 Å². The number of aryl methyl sites for hydroxylation is 1. The van der Waals surface area contributed by atoms with Gasteiger partial charge in [-0.1, -0.05) is 6.92 Å². The summed E-state index contributed by atoms with van der Waals surface area (Å²) in [4.78, 5) is 16.8. The second-order valence-corrected chi connectivity index (χ2v) is 6.14. The molecule has 0 saturated carbocycles. The van der Waals surface area contributed by atoms with Gasteiger partial charge in [0.1, 0.15) is 5.92 Å². The van der Waals surface area contributed by atoms with Crippen molar-refractivity contribution in [1.82, 2.24) is 4.98 Å². The van der Waals surface area contributed by atoms with Gasteiger partial charge in [0, 0.05) is 18.5 Å². The quantitative estimate of drug-likeness (QED) is 0.839. The number of nitrogens with one attached hydrogen (secondary N) is 1. The number of anilines is 1. The van der Waals surface area contributed by atoms with Gasteiger partial charge >= 0.3 is 5.97 Å². The maximum absolute atomic E-state index is 11.2. The molecule has 5 nitrogen and oxygen atoms in total. The maximum Gasteiger partial charge on any atom is 0.312 e. The summed E-state index contributed by atoms with van der Waals surface area (Å²) in [6.45, 7) is 3.60. The van der Waals surface area contributed by atoms with E-state index in [1.165, 1.54) is 0 Å². The number of carbonyl (C=O) groups is 1. The highest BCUT2D eigenvalue weighted by Gasteiger charge is 2.29. The minimum absolute atomic E-state index is 0.404. The first-order valence-electron chi connectivity index (χ1n) is 6.57. The van der Waals surface area contributed by atoms with E-state index >= 15 is 0 Å². The molecule has 1 heterocycles. The van der Waals surface area contributed by atoms with Crippen molar-refractivity contribution in [1.29, 1.82) is 0 Å². The fourth-order valence-corrected chi connectivity index (χ4v) is 3.41. The molecule has 0 amide bonds. The van der Waals surface area contributed by atoms with Crippen molar-refractivity contribution < 1.29 is 14.6 Å². The molecule has 19 heavy (non-hydrogen) atoms. The molecule has 0 spiro atoms. The monoisotopic (exact) mass is 284 g/mol. The molecule has 106 valence electrons. The van der Waals surface area contributed by atoms with Gasteiger partial charge in [-0.25, -0.2) is 4.98 Å². The van der Waals surface area contributed by atoms with Gasteiger partial charge in [0.25, 0.3) is 0 Å². The molecule has 0 fully saturated rings. The van der Waals surface area contributed by atoms with Crippen LogP contribution in [0.2, 0.25) is 0 Å². The summed E-state index contributed by atoms with van der Waals surface area (Å²) >= 11 is 1.59. The van der Waals surface area contributed by atoms with E-state index in [0.717, 1.165) is 35.1 Å². The Labute approximate surface area is 117 Å². The Bertz CT molecular complexity index is 447. The molecule has 2 N–H and O–H groups in total. The van der Waals surface area contributed by atoms with Crippen LogP contribution in [0.3, 0.4) is 0 Å². The van der Waals surface area contributed by atoms with E-state index in [1.54, 1.807) is 18.4 Å². The third-order valence-corrected chi connectivity index (χ3v) is 4.39. The van der Waals surface area contributed by atoms with Gasteiger partial charge in [0.2, 0.25) is 0 Å². The van der Waals surface area contributed by atoms with E-state index in [-0.39, 0.29) is 0 Å². The van der Waals surface area contributed by atoms with E-state index in [9.17, 15) is 9.90 Å². The standard InChI is InChI=1S/C13H20N2O3S/c1-8(7-18-2)6-14-13-15-11-9(12(16)17)4-3-5-10(11)19-13/h8-9H,3-7H2,1-2H3,(H,14,15)(H,16,17). The van der Waals surface area contributed by atoms with Crippen molar-refractivity contribution in [3.63, 3.8) is 0 Å². The van der Waals surface area contributed by atoms with Crippen LogP contribution in [0.5, 0.6) is 0 Å². The third kappa shape index (κ3) is 3.45. The highest BCUT2D eigenvalue weighted by atomic mass is 32.1. The average Bonchev–Trinajstić information content (AvgIpc) is 2.79. The second kappa shape index (κ2) is 6.34. The van der Waals surface area contributed by atoms with Crippen LogP contribution in [0.25, 0.3) is 0 Å². The van der Waals surface area contributed by atoms with Crippen LogP contribution in [0, 0.1) is 5.92 Å². The molecule has 1 aliphatic carbocycles. The van der Waals surface area contributed by atoms with Crippen molar-refractivity contribution in [3.05, 3.63) is 10.6 Å². The Morgan fingerprint density at radius 2 is 2.47 bits per heavy atom. The SMILES string of the molecule is COCC(C)CNc1nc2c(s1)CCCC2C(=O)O. The molecule has 2 rings (SSSR count). The first kappa shape index (κ1) is 14.3. The number of ether oxygens (including phenoxy) is 1. The predicted molar refractivity (Wildman–Crippen MR) is 75.0 cm³/mol. The fourth-order valence-electron chi connectivity index (χ4n) is 2.34. The van der Waals surface area contributed by atoms with Gasteiger partial charge in [0.15, 0.2) is 5.13 Å². The van der Waals surface area contributed by atoms with Crippen LogP contribution >= 0.6 is 11.3 Å². The Hall–Kier alpha value is -1.14. The lowest BCUT2D eigenvalue weighted by Gasteiger charge is -2.16. The first-order valence-corrected chi connectivity index (χ1v) is 7.38. The van der Waals surface area contributed by atoms with Gasteiger partial charge in [-0.3, -0.25) is 4.79 Å². The van der Waals surface area contributed by atoms with Gasteiger partial charge in [0.05, 0.1) is 12.3 Å². The van der Waals surface area contributed by atoms with Crippen LogP contribution in [0.1, 0.15) is 36.3 Å². The van der Waals surface area contributed by atoms with Crippen molar-refractivity contribution in [3.8, 4) is 0 Å². The number of aliphatic carboxylic acids is 1. The van der Waals surface area contributed by atoms with Crippen LogP contribution in [0.15, 0.2) is 0 Å².